The Hall–Kier alpha value is -4.92. The molecule has 1 fully saturated rings. The summed E-state index contributed by atoms with van der Waals surface area (Å²) in [4.78, 5) is 34.1. The lowest BCUT2D eigenvalue weighted by Gasteiger charge is -2.33. The van der Waals surface area contributed by atoms with Gasteiger partial charge in [0.2, 0.25) is 11.8 Å². The molecular formula is C38H44N4O5. The molecule has 2 aromatic heterocycles. The number of carbonyl (C=O) groups excluding carboxylic acids is 2. The molecule has 1 aliphatic carbocycles. The molecule has 0 spiro atoms. The number of amides is 2. The molecule has 2 amide bonds. The molecule has 4 aromatic rings. The quantitative estimate of drug-likeness (QED) is 0.152. The minimum atomic E-state index is -0.237. The van der Waals surface area contributed by atoms with Gasteiger partial charge in [-0.15, -0.1) is 0 Å². The summed E-state index contributed by atoms with van der Waals surface area (Å²) in [5, 5.41) is 6.13. The van der Waals surface area contributed by atoms with E-state index in [0.717, 1.165) is 35.4 Å². The van der Waals surface area contributed by atoms with E-state index in [4.69, 9.17) is 14.2 Å². The highest BCUT2D eigenvalue weighted by Gasteiger charge is 2.28. The van der Waals surface area contributed by atoms with Crippen molar-refractivity contribution in [2.45, 2.75) is 65.7 Å². The molecule has 9 nitrogen and oxygen atoms in total. The minimum absolute atomic E-state index is 0.0997. The molecule has 0 aliphatic heterocycles. The summed E-state index contributed by atoms with van der Waals surface area (Å²) >= 11 is 0. The summed E-state index contributed by atoms with van der Waals surface area (Å²) in [6.45, 7) is 7.73. The van der Waals surface area contributed by atoms with Gasteiger partial charge in [0.25, 0.3) is 11.8 Å². The number of methoxy groups -OCH3 is 1. The minimum Gasteiger partial charge on any atom is -0.497 e. The van der Waals surface area contributed by atoms with Crippen LogP contribution in [-0.2, 0) is 19.6 Å². The molecule has 1 aliphatic rings. The van der Waals surface area contributed by atoms with Gasteiger partial charge in [0, 0.05) is 37.1 Å². The summed E-state index contributed by atoms with van der Waals surface area (Å²) in [5.41, 5.74) is 3.88. The van der Waals surface area contributed by atoms with Crippen LogP contribution in [0.25, 0.3) is 0 Å². The molecule has 2 N–H and O–H groups in total. The Kier molecular flexibility index (Phi) is 11.1. The molecule has 0 bridgehead atoms. The van der Waals surface area contributed by atoms with Crippen LogP contribution in [0.2, 0.25) is 0 Å². The zero-order chi connectivity index (χ0) is 33.2. The average Bonchev–Trinajstić information content (AvgIpc) is 3.06. The molecule has 0 saturated heterocycles. The van der Waals surface area contributed by atoms with Gasteiger partial charge in [-0.2, -0.15) is 0 Å². The number of pyridine rings is 2. The van der Waals surface area contributed by atoms with Crippen molar-refractivity contribution in [2.75, 3.05) is 13.7 Å². The zero-order valence-corrected chi connectivity index (χ0v) is 27.6. The van der Waals surface area contributed by atoms with Crippen LogP contribution >= 0.6 is 0 Å². The van der Waals surface area contributed by atoms with Gasteiger partial charge in [-0.3, -0.25) is 9.59 Å². The first-order valence-electron chi connectivity index (χ1n) is 16.2. The van der Waals surface area contributed by atoms with E-state index in [1.807, 2.05) is 43.3 Å². The van der Waals surface area contributed by atoms with Crippen molar-refractivity contribution in [1.82, 2.24) is 20.6 Å². The number of nitrogens with one attached hydrogen (secondary N) is 2. The molecule has 1 atom stereocenters. The van der Waals surface area contributed by atoms with Crippen molar-refractivity contribution >= 4 is 11.8 Å². The van der Waals surface area contributed by atoms with Gasteiger partial charge in [-0.05, 0) is 78.5 Å². The molecule has 1 saturated carbocycles. The van der Waals surface area contributed by atoms with Crippen LogP contribution in [0.1, 0.15) is 77.4 Å². The average molecular weight is 637 g/mol. The number of benzene rings is 2. The second kappa shape index (κ2) is 15.6. The fourth-order valence-electron chi connectivity index (χ4n) is 5.30. The van der Waals surface area contributed by atoms with Crippen LogP contribution in [0.15, 0.2) is 85.2 Å². The first-order chi connectivity index (χ1) is 22.7. The summed E-state index contributed by atoms with van der Waals surface area (Å²) < 4.78 is 17.0. The summed E-state index contributed by atoms with van der Waals surface area (Å²) in [7, 11) is 1.63. The molecule has 2 heterocycles. The topological polar surface area (TPSA) is 112 Å². The van der Waals surface area contributed by atoms with Crippen molar-refractivity contribution in [3.63, 3.8) is 0 Å². The largest absolute Gasteiger partial charge is 0.497 e. The lowest BCUT2D eigenvalue weighted by atomic mass is 9.79. The fourth-order valence-corrected chi connectivity index (χ4v) is 5.30. The van der Waals surface area contributed by atoms with E-state index in [1.165, 1.54) is 25.5 Å². The molecule has 0 radical (unpaired) electrons. The molecule has 2 aromatic carbocycles. The monoisotopic (exact) mass is 636 g/mol. The molecule has 5 rings (SSSR count). The van der Waals surface area contributed by atoms with Crippen LogP contribution in [-0.4, -0.2) is 41.5 Å². The third-order valence-corrected chi connectivity index (χ3v) is 8.85. The highest BCUT2D eigenvalue weighted by atomic mass is 16.5. The van der Waals surface area contributed by atoms with E-state index in [0.29, 0.717) is 42.0 Å². The van der Waals surface area contributed by atoms with E-state index in [9.17, 15) is 9.59 Å². The van der Waals surface area contributed by atoms with Gasteiger partial charge < -0.3 is 24.8 Å². The normalized spacial score (nSPS) is 13.6. The van der Waals surface area contributed by atoms with E-state index >= 15 is 0 Å². The van der Waals surface area contributed by atoms with Crippen LogP contribution < -0.4 is 24.8 Å². The first kappa shape index (κ1) is 33.4. The van der Waals surface area contributed by atoms with E-state index in [-0.39, 0.29) is 23.3 Å². The third-order valence-electron chi connectivity index (χ3n) is 8.85. The maximum Gasteiger partial charge on any atom is 0.253 e. The van der Waals surface area contributed by atoms with Crippen LogP contribution in [0.3, 0.4) is 0 Å². The second-order valence-electron chi connectivity index (χ2n) is 12.9. The summed E-state index contributed by atoms with van der Waals surface area (Å²) in [6, 6.07) is 22.7. The van der Waals surface area contributed by atoms with Crippen molar-refractivity contribution in [2.24, 2.45) is 11.3 Å². The number of aromatic nitrogens is 2. The Labute approximate surface area is 277 Å². The molecule has 9 heteroatoms. The number of ether oxygens (including phenoxy) is 3. The van der Waals surface area contributed by atoms with Crippen molar-refractivity contribution < 1.29 is 23.8 Å². The predicted octanol–water partition coefficient (Wildman–Crippen LogP) is 6.56. The van der Waals surface area contributed by atoms with Crippen LogP contribution in [0.5, 0.6) is 17.5 Å². The Bertz CT molecular complexity index is 1630. The van der Waals surface area contributed by atoms with Crippen molar-refractivity contribution in [3.05, 3.63) is 113 Å². The standard InChI is InChI=1S/C38H44N4O5/c1-26(42-37(44)32-15-17-35(40-23-32)47-25-30-12-7-13-33(19-30)45-4)38(2,3)20-28-10-6-11-29(18-28)24-46-34-16-14-31(22-39-34)36(43)41-21-27-8-5-9-27/h6-7,10-19,22-23,26-27H,5,8-9,20-21,24-25H2,1-4H3,(H,41,43)(H,42,44)/t26-/m1/s1. The maximum absolute atomic E-state index is 13.1. The van der Waals surface area contributed by atoms with Crippen LogP contribution in [0, 0.1) is 11.3 Å². The Balaban J connectivity index is 1.08. The van der Waals surface area contributed by atoms with E-state index in [1.54, 1.807) is 37.6 Å². The van der Waals surface area contributed by atoms with Gasteiger partial charge in [0.15, 0.2) is 0 Å². The predicted molar refractivity (Wildman–Crippen MR) is 181 cm³/mol. The van der Waals surface area contributed by atoms with Crippen molar-refractivity contribution in [1.29, 1.82) is 0 Å². The smallest absolute Gasteiger partial charge is 0.253 e. The number of nitrogens with zero attached hydrogens (tertiary/aromatic N) is 2. The Morgan fingerprint density at radius 3 is 2.00 bits per heavy atom. The number of hydrogen-bond donors (Lipinski definition) is 2. The highest BCUT2D eigenvalue weighted by molar-refractivity contribution is 5.94. The van der Waals surface area contributed by atoms with Crippen molar-refractivity contribution in [3.8, 4) is 17.5 Å². The lowest BCUT2D eigenvalue weighted by molar-refractivity contribution is 0.0901. The van der Waals surface area contributed by atoms with Gasteiger partial charge in [0.05, 0.1) is 18.2 Å². The number of hydrogen-bond acceptors (Lipinski definition) is 7. The Morgan fingerprint density at radius 1 is 0.830 bits per heavy atom. The lowest BCUT2D eigenvalue weighted by Crippen LogP contribution is -2.44. The number of rotatable bonds is 15. The zero-order valence-electron chi connectivity index (χ0n) is 27.6. The molecule has 47 heavy (non-hydrogen) atoms. The second-order valence-corrected chi connectivity index (χ2v) is 12.9. The van der Waals surface area contributed by atoms with Gasteiger partial charge in [0.1, 0.15) is 19.0 Å². The van der Waals surface area contributed by atoms with Crippen LogP contribution in [0.4, 0.5) is 0 Å². The van der Waals surface area contributed by atoms with E-state index < -0.39 is 0 Å². The molecule has 0 unspecified atom stereocenters. The third kappa shape index (κ3) is 9.54. The highest BCUT2D eigenvalue weighted by Crippen LogP contribution is 2.28. The van der Waals surface area contributed by atoms with Gasteiger partial charge in [-0.1, -0.05) is 56.7 Å². The first-order valence-corrected chi connectivity index (χ1v) is 16.2. The Morgan fingerprint density at radius 2 is 1.43 bits per heavy atom. The van der Waals surface area contributed by atoms with E-state index in [2.05, 4.69) is 46.6 Å². The fraction of sp³-hybridized carbons (Fsp3) is 0.368. The molecule has 246 valence electrons. The molecular weight excluding hydrogens is 592 g/mol. The summed E-state index contributed by atoms with van der Waals surface area (Å²) in [5.74, 6) is 2.00. The number of carbonyl (C=O) groups is 2. The SMILES string of the molecule is COc1cccc(COc2ccc(C(=O)N[C@H](C)C(C)(C)Cc3cccc(COc4ccc(C(=O)NCC5CCC5)cn4)c3)cn2)c1. The summed E-state index contributed by atoms with van der Waals surface area (Å²) in [6.07, 6.45) is 7.48. The maximum atomic E-state index is 13.1. The van der Waals surface area contributed by atoms with Gasteiger partial charge >= 0.3 is 0 Å². The van der Waals surface area contributed by atoms with Gasteiger partial charge in [-0.25, -0.2) is 9.97 Å².